The third kappa shape index (κ3) is 3.84. The molecule has 2 rings (SSSR count). The van der Waals surface area contributed by atoms with Gasteiger partial charge < -0.3 is 11.1 Å². The van der Waals surface area contributed by atoms with E-state index in [1.54, 1.807) is 0 Å². The van der Waals surface area contributed by atoms with E-state index in [4.69, 9.17) is 5.73 Å². The largest absolute Gasteiger partial charge is 0.352 e. The number of carbonyl (C=O) groups is 1. The summed E-state index contributed by atoms with van der Waals surface area (Å²) in [7, 11) is 0. The lowest BCUT2D eigenvalue weighted by atomic mass is 9.85. The third-order valence-corrected chi connectivity index (χ3v) is 3.45. The van der Waals surface area contributed by atoms with Crippen LogP contribution in [0.15, 0.2) is 18.2 Å². The second-order valence-electron chi connectivity index (χ2n) is 5.10. The molecule has 100 valence electrons. The Labute approximate surface area is 114 Å². The van der Waals surface area contributed by atoms with E-state index in [2.05, 4.69) is 17.2 Å². The summed E-state index contributed by atoms with van der Waals surface area (Å²) in [6, 6.07) is 5.68. The van der Waals surface area contributed by atoms with Crippen LogP contribution < -0.4 is 11.1 Å². The zero-order valence-electron chi connectivity index (χ0n) is 11.3. The molecule has 19 heavy (non-hydrogen) atoms. The Kier molecular flexibility index (Phi) is 4.59. The van der Waals surface area contributed by atoms with Crippen molar-refractivity contribution in [2.24, 2.45) is 11.7 Å². The van der Waals surface area contributed by atoms with Crippen LogP contribution in [-0.2, 0) is 0 Å². The second kappa shape index (κ2) is 6.40. The van der Waals surface area contributed by atoms with Crippen LogP contribution in [0.3, 0.4) is 0 Å². The molecule has 1 aliphatic carbocycles. The van der Waals surface area contributed by atoms with Crippen LogP contribution in [-0.4, -0.2) is 19.0 Å². The van der Waals surface area contributed by atoms with Gasteiger partial charge in [0.05, 0.1) is 6.54 Å². The van der Waals surface area contributed by atoms with Gasteiger partial charge in [0.1, 0.15) is 0 Å². The van der Waals surface area contributed by atoms with Crippen molar-refractivity contribution in [3.05, 3.63) is 34.9 Å². The molecule has 0 atom stereocenters. The summed E-state index contributed by atoms with van der Waals surface area (Å²) < 4.78 is 0. The number of hydrogen-bond donors (Lipinski definition) is 2. The lowest BCUT2D eigenvalue weighted by Gasteiger charge is -2.25. The minimum Gasteiger partial charge on any atom is -0.352 e. The molecule has 0 unspecified atom stereocenters. The van der Waals surface area contributed by atoms with Crippen molar-refractivity contribution >= 4 is 5.91 Å². The summed E-state index contributed by atoms with van der Waals surface area (Å²) in [4.78, 5) is 12.1. The first-order valence-corrected chi connectivity index (χ1v) is 6.78. The number of hydrogen-bond acceptors (Lipinski definition) is 2. The van der Waals surface area contributed by atoms with Crippen LogP contribution in [0.2, 0.25) is 0 Å². The van der Waals surface area contributed by atoms with E-state index in [1.807, 2.05) is 25.1 Å². The molecule has 0 radical (unpaired) electrons. The summed E-state index contributed by atoms with van der Waals surface area (Å²) in [5, 5.41) is 3.00. The predicted molar refractivity (Wildman–Crippen MR) is 76.8 cm³/mol. The summed E-state index contributed by atoms with van der Waals surface area (Å²) in [6.45, 7) is 3.09. The molecule has 3 heteroatoms. The Balaban J connectivity index is 2.04. The summed E-state index contributed by atoms with van der Waals surface area (Å²) in [5.41, 5.74) is 7.93. The number of benzene rings is 1. The number of nitrogens with one attached hydrogen (secondary N) is 1. The fraction of sp³-hybridized carbons (Fsp3) is 0.438. The first-order chi connectivity index (χ1) is 9.19. The van der Waals surface area contributed by atoms with Gasteiger partial charge in [-0.1, -0.05) is 18.3 Å². The number of amides is 1. The second-order valence-corrected chi connectivity index (χ2v) is 5.10. The first-order valence-electron chi connectivity index (χ1n) is 6.78. The molecule has 0 bridgehead atoms. The number of carbonyl (C=O) groups excluding carboxylic acids is 1. The minimum absolute atomic E-state index is 0.00796. The topological polar surface area (TPSA) is 55.1 Å². The van der Waals surface area contributed by atoms with Gasteiger partial charge in [0.25, 0.3) is 5.91 Å². The number of aryl methyl sites for hydroxylation is 1. The Hall–Kier alpha value is -1.79. The average molecular weight is 256 g/mol. The lowest BCUT2D eigenvalue weighted by Crippen LogP contribution is -2.32. The quantitative estimate of drug-likeness (QED) is 0.811. The standard InChI is InChI=1S/C16H20N2O/c1-12-8-14(6-3-7-17)10-15(9-12)16(19)18-11-13-4-2-5-13/h8-10,13H,2,4-5,7,11,17H2,1H3,(H,18,19). The van der Waals surface area contributed by atoms with Crippen molar-refractivity contribution in [1.29, 1.82) is 0 Å². The molecule has 1 saturated carbocycles. The minimum atomic E-state index is -0.00796. The molecular formula is C16H20N2O. The van der Waals surface area contributed by atoms with E-state index < -0.39 is 0 Å². The highest BCUT2D eigenvalue weighted by molar-refractivity contribution is 5.94. The molecule has 1 aliphatic rings. The molecule has 0 saturated heterocycles. The third-order valence-electron chi connectivity index (χ3n) is 3.45. The van der Waals surface area contributed by atoms with E-state index in [0.29, 0.717) is 18.0 Å². The van der Waals surface area contributed by atoms with Crippen LogP contribution in [0.4, 0.5) is 0 Å². The Bertz CT molecular complexity index is 521. The van der Waals surface area contributed by atoms with Gasteiger partial charge >= 0.3 is 0 Å². The molecule has 1 amide bonds. The molecule has 3 N–H and O–H groups in total. The predicted octanol–water partition coefficient (Wildman–Crippen LogP) is 1.84. The zero-order valence-corrected chi connectivity index (χ0v) is 11.3. The maximum Gasteiger partial charge on any atom is 0.251 e. The number of nitrogens with two attached hydrogens (primary N) is 1. The summed E-state index contributed by atoms with van der Waals surface area (Å²) >= 11 is 0. The smallest absolute Gasteiger partial charge is 0.251 e. The number of rotatable bonds is 3. The van der Waals surface area contributed by atoms with Crippen LogP contribution in [0.1, 0.15) is 40.7 Å². The van der Waals surface area contributed by atoms with Gasteiger partial charge in [-0.2, -0.15) is 0 Å². The highest BCUT2D eigenvalue weighted by Crippen LogP contribution is 2.25. The molecule has 3 nitrogen and oxygen atoms in total. The summed E-state index contributed by atoms with van der Waals surface area (Å²) in [6.07, 6.45) is 3.77. The van der Waals surface area contributed by atoms with Gasteiger partial charge in [-0.25, -0.2) is 0 Å². The fourth-order valence-electron chi connectivity index (χ4n) is 2.18. The van der Waals surface area contributed by atoms with Crippen LogP contribution in [0, 0.1) is 24.7 Å². The highest BCUT2D eigenvalue weighted by atomic mass is 16.1. The lowest BCUT2D eigenvalue weighted by molar-refractivity contribution is 0.0939. The van der Waals surface area contributed by atoms with Crippen LogP contribution in [0.5, 0.6) is 0 Å². The van der Waals surface area contributed by atoms with Gasteiger partial charge in [-0.15, -0.1) is 0 Å². The maximum absolute atomic E-state index is 12.1. The van der Waals surface area contributed by atoms with Gasteiger partial charge in [0.15, 0.2) is 0 Å². The fourth-order valence-corrected chi connectivity index (χ4v) is 2.18. The molecular weight excluding hydrogens is 236 g/mol. The molecule has 0 aromatic heterocycles. The molecule has 1 aromatic rings. The van der Waals surface area contributed by atoms with Gasteiger partial charge in [0.2, 0.25) is 0 Å². The Morgan fingerprint density at radius 2 is 2.21 bits per heavy atom. The van der Waals surface area contributed by atoms with Gasteiger partial charge in [-0.05, 0) is 49.4 Å². The molecule has 1 fully saturated rings. The first kappa shape index (κ1) is 13.6. The normalized spacial score (nSPS) is 14.2. The monoisotopic (exact) mass is 256 g/mol. The van der Waals surface area contributed by atoms with Crippen molar-refractivity contribution in [2.75, 3.05) is 13.1 Å². The van der Waals surface area contributed by atoms with E-state index in [0.717, 1.165) is 17.7 Å². The molecule has 1 aromatic carbocycles. The van der Waals surface area contributed by atoms with Crippen molar-refractivity contribution in [2.45, 2.75) is 26.2 Å². The van der Waals surface area contributed by atoms with Gasteiger partial charge in [-0.3, -0.25) is 4.79 Å². The Morgan fingerprint density at radius 3 is 2.84 bits per heavy atom. The van der Waals surface area contributed by atoms with Crippen molar-refractivity contribution in [3.8, 4) is 11.8 Å². The molecule has 0 aliphatic heterocycles. The molecule has 0 heterocycles. The van der Waals surface area contributed by atoms with Crippen LogP contribution >= 0.6 is 0 Å². The highest BCUT2D eigenvalue weighted by Gasteiger charge is 2.18. The van der Waals surface area contributed by atoms with E-state index in [1.165, 1.54) is 19.3 Å². The summed E-state index contributed by atoms with van der Waals surface area (Å²) in [5.74, 6) is 6.45. The average Bonchev–Trinajstić information content (AvgIpc) is 2.33. The Morgan fingerprint density at radius 1 is 1.42 bits per heavy atom. The van der Waals surface area contributed by atoms with E-state index in [-0.39, 0.29) is 5.91 Å². The van der Waals surface area contributed by atoms with Crippen LogP contribution in [0.25, 0.3) is 0 Å². The molecule has 0 spiro atoms. The van der Waals surface area contributed by atoms with Crippen molar-refractivity contribution in [3.63, 3.8) is 0 Å². The SMILES string of the molecule is Cc1cc(C#CCN)cc(C(=O)NCC2CCC2)c1. The van der Waals surface area contributed by atoms with Crippen molar-refractivity contribution < 1.29 is 4.79 Å². The van der Waals surface area contributed by atoms with Gasteiger partial charge in [0, 0.05) is 17.7 Å². The van der Waals surface area contributed by atoms with E-state index in [9.17, 15) is 4.79 Å². The van der Waals surface area contributed by atoms with E-state index >= 15 is 0 Å². The zero-order chi connectivity index (χ0) is 13.7. The van der Waals surface area contributed by atoms with Crippen molar-refractivity contribution in [1.82, 2.24) is 5.32 Å². The maximum atomic E-state index is 12.1.